The van der Waals surface area contributed by atoms with E-state index in [1.54, 1.807) is 6.07 Å². The fourth-order valence-corrected chi connectivity index (χ4v) is 0.943. The van der Waals surface area contributed by atoms with Crippen LogP contribution in [-0.2, 0) is 0 Å². The molecule has 1 rings (SSSR count). The first-order valence-corrected chi connectivity index (χ1v) is 4.29. The summed E-state index contributed by atoms with van der Waals surface area (Å²) < 4.78 is 0. The predicted octanol–water partition coefficient (Wildman–Crippen LogP) is 1.91. The maximum absolute atomic E-state index is 10.9. The van der Waals surface area contributed by atoms with E-state index in [1.807, 2.05) is 0 Å². The first-order valence-electron chi connectivity index (χ1n) is 4.29. The van der Waals surface area contributed by atoms with Crippen LogP contribution in [0.15, 0.2) is 18.2 Å². The van der Waals surface area contributed by atoms with Gasteiger partial charge in [0.25, 0.3) is 5.69 Å². The quantitative estimate of drug-likeness (QED) is 0.355. The van der Waals surface area contributed by atoms with E-state index in [1.165, 1.54) is 32.0 Å². The number of benzene rings is 1. The molecule has 0 atom stereocenters. The van der Waals surface area contributed by atoms with Gasteiger partial charge < -0.3 is 5.73 Å². The van der Waals surface area contributed by atoms with Crippen molar-refractivity contribution < 1.29 is 9.72 Å². The first-order chi connectivity index (χ1) is 7.42. The molecule has 0 saturated carbocycles. The number of nitrogen functional groups attached to an aromatic ring is 1. The van der Waals surface area contributed by atoms with Gasteiger partial charge in [0, 0.05) is 30.3 Å². The number of nitriles is 1. The van der Waals surface area contributed by atoms with E-state index < -0.39 is 4.92 Å². The third-order valence-electron chi connectivity index (χ3n) is 1.56. The van der Waals surface area contributed by atoms with Crippen LogP contribution in [0.25, 0.3) is 0 Å². The van der Waals surface area contributed by atoms with E-state index in [4.69, 9.17) is 11.0 Å². The number of nitro groups is 1. The Morgan fingerprint density at radius 3 is 2.38 bits per heavy atom. The first kappa shape index (κ1) is 13.6. The number of nitrogens with two attached hydrogens (primary N) is 1. The average molecular weight is 221 g/mol. The topological polar surface area (TPSA) is 110 Å². The summed E-state index contributed by atoms with van der Waals surface area (Å²) in [5.74, 6) is -0.240. The van der Waals surface area contributed by atoms with Gasteiger partial charge in [-0.3, -0.25) is 14.9 Å². The summed E-state index contributed by atoms with van der Waals surface area (Å²) in [6, 6.07) is 5.58. The van der Waals surface area contributed by atoms with Gasteiger partial charge in [0.1, 0.15) is 0 Å². The van der Waals surface area contributed by atoms with Crippen LogP contribution in [0.2, 0.25) is 0 Å². The predicted molar refractivity (Wildman–Crippen MR) is 58.8 cm³/mol. The molecule has 0 unspecified atom stereocenters. The monoisotopic (exact) mass is 221 g/mol. The molecule has 0 amide bonds. The van der Waals surface area contributed by atoms with Crippen molar-refractivity contribution in [2.45, 2.75) is 13.8 Å². The molecular weight excluding hydrogens is 210 g/mol. The second kappa shape index (κ2) is 6.14. The molecule has 0 aromatic heterocycles. The molecular formula is C10H11N3O3. The zero-order valence-corrected chi connectivity index (χ0v) is 8.93. The summed E-state index contributed by atoms with van der Waals surface area (Å²) in [6.07, 6.45) is 0. The number of Topliss-reactive ketones (excluding diaryl/α,β-unsaturated/α-hetero) is 1. The molecule has 0 aliphatic heterocycles. The van der Waals surface area contributed by atoms with E-state index in [9.17, 15) is 14.9 Å². The molecule has 0 saturated heterocycles. The number of hydrogen-bond donors (Lipinski definition) is 1. The van der Waals surface area contributed by atoms with Gasteiger partial charge >= 0.3 is 0 Å². The largest absolute Gasteiger partial charge is 0.399 e. The Kier molecular flexibility index (Phi) is 5.21. The lowest BCUT2D eigenvalue weighted by molar-refractivity contribution is -0.384. The molecule has 1 aromatic rings. The van der Waals surface area contributed by atoms with Crippen LogP contribution in [-0.4, -0.2) is 10.7 Å². The summed E-state index contributed by atoms with van der Waals surface area (Å²) in [5.41, 5.74) is 5.69. The fourth-order valence-electron chi connectivity index (χ4n) is 0.943. The molecule has 2 N–H and O–H groups in total. The number of anilines is 1. The van der Waals surface area contributed by atoms with Crippen molar-refractivity contribution in [2.24, 2.45) is 0 Å². The molecule has 6 heteroatoms. The Labute approximate surface area is 92.4 Å². The average Bonchev–Trinajstić information content (AvgIpc) is 2.17. The summed E-state index contributed by atoms with van der Waals surface area (Å²) in [4.78, 5) is 20.7. The Bertz CT molecular complexity index is 417. The highest BCUT2D eigenvalue weighted by molar-refractivity contribution is 5.95. The molecule has 16 heavy (non-hydrogen) atoms. The third kappa shape index (κ3) is 4.19. The third-order valence-corrected chi connectivity index (χ3v) is 1.56. The highest BCUT2D eigenvalue weighted by atomic mass is 16.6. The number of nitrogens with zero attached hydrogens (tertiary/aromatic N) is 2. The molecule has 0 heterocycles. The van der Waals surface area contributed by atoms with E-state index in [2.05, 4.69) is 0 Å². The summed E-state index contributed by atoms with van der Waals surface area (Å²) >= 11 is 0. The molecule has 0 radical (unpaired) electrons. The van der Waals surface area contributed by atoms with Gasteiger partial charge in [0.2, 0.25) is 0 Å². The Hall–Kier alpha value is -2.42. The number of ketones is 1. The second-order valence-corrected chi connectivity index (χ2v) is 2.85. The molecule has 84 valence electrons. The maximum atomic E-state index is 10.9. The normalized spacial score (nSPS) is 8.31. The van der Waals surface area contributed by atoms with Crippen LogP contribution >= 0.6 is 0 Å². The van der Waals surface area contributed by atoms with E-state index in [0.717, 1.165) is 0 Å². The molecule has 0 bridgehead atoms. The second-order valence-electron chi connectivity index (χ2n) is 2.85. The number of non-ortho nitro benzene ring substituents is 1. The number of rotatable bonds is 2. The van der Waals surface area contributed by atoms with E-state index in [0.29, 0.717) is 0 Å². The van der Waals surface area contributed by atoms with Crippen molar-refractivity contribution in [3.63, 3.8) is 0 Å². The summed E-state index contributed by atoms with van der Waals surface area (Å²) in [5, 5.41) is 17.7. The highest BCUT2D eigenvalue weighted by Crippen LogP contribution is 2.18. The van der Waals surface area contributed by atoms with Gasteiger partial charge in [-0.15, -0.1) is 0 Å². The van der Waals surface area contributed by atoms with Crippen molar-refractivity contribution in [1.82, 2.24) is 0 Å². The number of carbonyl (C=O) groups excluding carboxylic acids is 1. The van der Waals surface area contributed by atoms with Gasteiger partial charge in [-0.05, 0) is 13.0 Å². The van der Waals surface area contributed by atoms with E-state index >= 15 is 0 Å². The molecule has 0 fully saturated rings. The number of carbonyl (C=O) groups is 1. The smallest absolute Gasteiger partial charge is 0.272 e. The van der Waals surface area contributed by atoms with Crippen molar-refractivity contribution in [3.8, 4) is 6.07 Å². The number of hydrogen-bond acceptors (Lipinski definition) is 5. The van der Waals surface area contributed by atoms with Crippen LogP contribution in [0.4, 0.5) is 11.4 Å². The minimum Gasteiger partial charge on any atom is -0.399 e. The van der Waals surface area contributed by atoms with Crippen LogP contribution < -0.4 is 5.73 Å². The maximum Gasteiger partial charge on any atom is 0.272 e. The van der Waals surface area contributed by atoms with Crippen molar-refractivity contribution in [2.75, 3.05) is 5.73 Å². The molecule has 6 nitrogen and oxygen atoms in total. The standard InChI is InChI=1S/C8H8N2O3.C2H3N/c1-5(11)6-2-7(9)4-8(3-6)10(12)13;1-2-3/h2-4H,9H2,1H3;1H3. The zero-order valence-electron chi connectivity index (χ0n) is 8.93. The molecule has 1 aromatic carbocycles. The number of nitro benzene ring substituents is 1. The highest BCUT2D eigenvalue weighted by Gasteiger charge is 2.10. The summed E-state index contributed by atoms with van der Waals surface area (Å²) in [7, 11) is 0. The van der Waals surface area contributed by atoms with Crippen molar-refractivity contribution in [3.05, 3.63) is 33.9 Å². The lowest BCUT2D eigenvalue weighted by Gasteiger charge is -1.98. The molecule has 0 spiro atoms. The van der Waals surface area contributed by atoms with Crippen LogP contribution in [0.3, 0.4) is 0 Å². The van der Waals surface area contributed by atoms with Crippen LogP contribution in [0, 0.1) is 21.4 Å². The zero-order chi connectivity index (χ0) is 12.7. The minimum atomic E-state index is -0.581. The van der Waals surface area contributed by atoms with Crippen LogP contribution in [0.5, 0.6) is 0 Å². The van der Waals surface area contributed by atoms with Crippen LogP contribution in [0.1, 0.15) is 24.2 Å². The Morgan fingerprint density at radius 1 is 1.50 bits per heavy atom. The van der Waals surface area contributed by atoms with Gasteiger partial charge in [0.15, 0.2) is 5.78 Å². The lowest BCUT2D eigenvalue weighted by Crippen LogP contribution is -1.97. The fraction of sp³-hybridized carbons (Fsp3) is 0.200. The van der Waals surface area contributed by atoms with Crippen molar-refractivity contribution in [1.29, 1.82) is 5.26 Å². The SMILES string of the molecule is CC#N.CC(=O)c1cc(N)cc([N+](=O)[O-])c1. The van der Waals surface area contributed by atoms with Gasteiger partial charge in [-0.2, -0.15) is 5.26 Å². The van der Waals surface area contributed by atoms with Crippen molar-refractivity contribution >= 4 is 17.2 Å². The van der Waals surface area contributed by atoms with Gasteiger partial charge in [-0.25, -0.2) is 0 Å². The van der Waals surface area contributed by atoms with E-state index in [-0.39, 0.29) is 22.7 Å². The Morgan fingerprint density at radius 2 is 2.00 bits per heavy atom. The summed E-state index contributed by atoms with van der Waals surface area (Å²) in [6.45, 7) is 2.76. The molecule has 0 aliphatic rings. The lowest BCUT2D eigenvalue weighted by atomic mass is 10.1. The molecule has 0 aliphatic carbocycles. The minimum absolute atomic E-state index is 0.162. The van der Waals surface area contributed by atoms with Gasteiger partial charge in [0.05, 0.1) is 11.0 Å². The Balaban J connectivity index is 0.000000673. The van der Waals surface area contributed by atoms with Gasteiger partial charge in [-0.1, -0.05) is 0 Å².